The van der Waals surface area contributed by atoms with Gasteiger partial charge in [0.15, 0.2) is 17.8 Å². The fourth-order valence-corrected chi connectivity index (χ4v) is 2.57. The number of benzene rings is 2. The molecule has 0 spiro atoms. The third-order valence-corrected chi connectivity index (χ3v) is 3.73. The van der Waals surface area contributed by atoms with E-state index in [4.69, 9.17) is 16.0 Å². The highest BCUT2D eigenvalue weighted by atomic mass is 35.5. The van der Waals surface area contributed by atoms with Crippen LogP contribution in [0.25, 0.3) is 11.3 Å². The molecule has 0 fully saturated rings. The van der Waals surface area contributed by atoms with Crippen molar-refractivity contribution in [1.82, 2.24) is 4.98 Å². The van der Waals surface area contributed by atoms with E-state index in [1.165, 1.54) is 6.39 Å². The van der Waals surface area contributed by atoms with Crippen LogP contribution in [0, 0.1) is 13.8 Å². The first-order chi connectivity index (χ1) is 11.0. The summed E-state index contributed by atoms with van der Waals surface area (Å²) in [7, 11) is 0. The number of carbonyl (C=O) groups is 1. The lowest BCUT2D eigenvalue weighted by molar-refractivity contribution is 0.102. The van der Waals surface area contributed by atoms with E-state index in [1.54, 1.807) is 18.2 Å². The number of rotatable bonds is 3. The van der Waals surface area contributed by atoms with Crippen molar-refractivity contribution < 1.29 is 9.21 Å². The van der Waals surface area contributed by atoms with Crippen LogP contribution in [0.1, 0.15) is 21.6 Å². The summed E-state index contributed by atoms with van der Waals surface area (Å²) in [4.78, 5) is 16.6. The van der Waals surface area contributed by atoms with E-state index in [9.17, 15) is 4.79 Å². The molecule has 1 heterocycles. The molecule has 0 aliphatic rings. The molecule has 0 saturated heterocycles. The average Bonchev–Trinajstić information content (AvgIpc) is 2.99. The van der Waals surface area contributed by atoms with Crippen molar-refractivity contribution in [2.24, 2.45) is 0 Å². The second-order valence-corrected chi connectivity index (χ2v) is 5.75. The first kappa shape index (κ1) is 15.3. The number of carbonyl (C=O) groups excluding carboxylic acids is 1. The van der Waals surface area contributed by atoms with Crippen molar-refractivity contribution in [1.29, 1.82) is 0 Å². The molecular weight excluding hydrogens is 312 g/mol. The first-order valence-electron chi connectivity index (χ1n) is 7.12. The molecule has 0 saturated carbocycles. The molecule has 23 heavy (non-hydrogen) atoms. The third-order valence-electron chi connectivity index (χ3n) is 3.50. The van der Waals surface area contributed by atoms with Crippen LogP contribution < -0.4 is 5.32 Å². The minimum absolute atomic E-state index is 0.255. The number of amides is 1. The number of hydrogen-bond acceptors (Lipinski definition) is 3. The maximum absolute atomic E-state index is 12.5. The molecule has 2 aromatic carbocycles. The lowest BCUT2D eigenvalue weighted by atomic mass is 10.1. The summed E-state index contributed by atoms with van der Waals surface area (Å²) in [5.74, 6) is 0.137. The minimum Gasteiger partial charge on any atom is -0.443 e. The van der Waals surface area contributed by atoms with Crippen LogP contribution in [0.2, 0.25) is 5.02 Å². The van der Waals surface area contributed by atoms with Crippen molar-refractivity contribution in [3.05, 3.63) is 70.7 Å². The highest BCUT2D eigenvalue weighted by Gasteiger charge is 2.19. The number of nitrogens with zero attached hydrogens (tertiary/aromatic N) is 1. The van der Waals surface area contributed by atoms with Gasteiger partial charge in [0.2, 0.25) is 0 Å². The highest BCUT2D eigenvalue weighted by molar-refractivity contribution is 6.30. The standard InChI is InChI=1S/C18H15ClN2O2/c1-11-4-3-5-13(8-11)17-16(20-10-23-17)18(22)21-15-7-6-14(19)9-12(15)2/h3-10H,1-2H3,(H,21,22). The number of nitrogens with one attached hydrogen (secondary N) is 1. The van der Waals surface area contributed by atoms with E-state index in [0.717, 1.165) is 16.7 Å². The predicted molar refractivity (Wildman–Crippen MR) is 90.8 cm³/mol. The van der Waals surface area contributed by atoms with Crippen LogP contribution in [0.15, 0.2) is 53.3 Å². The zero-order valence-electron chi connectivity index (χ0n) is 12.8. The lowest BCUT2D eigenvalue weighted by Crippen LogP contribution is -2.14. The van der Waals surface area contributed by atoms with E-state index < -0.39 is 0 Å². The van der Waals surface area contributed by atoms with Gasteiger partial charge < -0.3 is 9.73 Å². The fraction of sp³-hybridized carbons (Fsp3) is 0.111. The van der Waals surface area contributed by atoms with Gasteiger partial charge in [0.1, 0.15) is 0 Å². The Kier molecular flexibility index (Phi) is 4.17. The summed E-state index contributed by atoms with van der Waals surface area (Å²) in [5, 5.41) is 3.47. The SMILES string of the molecule is Cc1cccc(-c2ocnc2C(=O)Nc2ccc(Cl)cc2C)c1. The molecule has 1 N–H and O–H groups in total. The molecule has 0 aliphatic heterocycles. The predicted octanol–water partition coefficient (Wildman–Crippen LogP) is 4.86. The smallest absolute Gasteiger partial charge is 0.278 e. The number of aryl methyl sites for hydroxylation is 2. The van der Waals surface area contributed by atoms with Gasteiger partial charge in [-0.05, 0) is 43.7 Å². The monoisotopic (exact) mass is 326 g/mol. The minimum atomic E-state index is -0.319. The van der Waals surface area contributed by atoms with Gasteiger partial charge in [0.05, 0.1) is 0 Å². The van der Waals surface area contributed by atoms with E-state index in [0.29, 0.717) is 16.5 Å². The molecule has 0 radical (unpaired) electrons. The Morgan fingerprint density at radius 1 is 1.17 bits per heavy atom. The summed E-state index contributed by atoms with van der Waals surface area (Å²) < 4.78 is 5.42. The quantitative estimate of drug-likeness (QED) is 0.747. The Morgan fingerprint density at radius 3 is 2.74 bits per heavy atom. The summed E-state index contributed by atoms with van der Waals surface area (Å²) in [6, 6.07) is 13.0. The van der Waals surface area contributed by atoms with E-state index in [2.05, 4.69) is 10.3 Å². The lowest BCUT2D eigenvalue weighted by Gasteiger charge is -2.08. The summed E-state index contributed by atoms with van der Waals surface area (Å²) in [5.41, 5.74) is 3.73. The largest absolute Gasteiger partial charge is 0.443 e. The number of oxazole rings is 1. The second-order valence-electron chi connectivity index (χ2n) is 5.31. The van der Waals surface area contributed by atoms with Gasteiger partial charge in [-0.25, -0.2) is 4.98 Å². The van der Waals surface area contributed by atoms with Crippen molar-refractivity contribution in [2.45, 2.75) is 13.8 Å². The molecule has 0 bridgehead atoms. The maximum Gasteiger partial charge on any atom is 0.278 e. The molecule has 0 atom stereocenters. The zero-order chi connectivity index (χ0) is 16.4. The number of hydrogen-bond donors (Lipinski definition) is 1. The van der Waals surface area contributed by atoms with E-state index >= 15 is 0 Å². The van der Waals surface area contributed by atoms with Crippen LogP contribution in [-0.2, 0) is 0 Å². The topological polar surface area (TPSA) is 55.1 Å². The Bertz CT molecular complexity index is 871. The van der Waals surface area contributed by atoms with Crippen LogP contribution in [0.5, 0.6) is 0 Å². The summed E-state index contributed by atoms with van der Waals surface area (Å²) >= 11 is 5.93. The zero-order valence-corrected chi connectivity index (χ0v) is 13.5. The second kappa shape index (κ2) is 6.26. The van der Waals surface area contributed by atoms with Crippen molar-refractivity contribution in [3.8, 4) is 11.3 Å². The Hall–Kier alpha value is -2.59. The molecular formula is C18H15ClN2O2. The molecule has 4 nitrogen and oxygen atoms in total. The number of halogens is 1. The average molecular weight is 327 g/mol. The third kappa shape index (κ3) is 3.27. The fourth-order valence-electron chi connectivity index (χ4n) is 2.35. The molecule has 3 rings (SSSR count). The molecule has 3 aromatic rings. The van der Waals surface area contributed by atoms with Crippen molar-refractivity contribution in [3.63, 3.8) is 0 Å². The van der Waals surface area contributed by atoms with Crippen LogP contribution in [0.3, 0.4) is 0 Å². The van der Waals surface area contributed by atoms with Crippen molar-refractivity contribution in [2.75, 3.05) is 5.32 Å². The van der Waals surface area contributed by atoms with Gasteiger partial charge in [0.25, 0.3) is 5.91 Å². The van der Waals surface area contributed by atoms with Gasteiger partial charge >= 0.3 is 0 Å². The molecule has 116 valence electrons. The van der Waals surface area contributed by atoms with Crippen LogP contribution in [0.4, 0.5) is 5.69 Å². The molecule has 1 aromatic heterocycles. The highest BCUT2D eigenvalue weighted by Crippen LogP contribution is 2.26. The number of aromatic nitrogens is 1. The van der Waals surface area contributed by atoms with Gasteiger partial charge in [-0.15, -0.1) is 0 Å². The van der Waals surface area contributed by atoms with Crippen LogP contribution in [-0.4, -0.2) is 10.9 Å². The van der Waals surface area contributed by atoms with Crippen LogP contribution >= 0.6 is 11.6 Å². The number of anilines is 1. The molecule has 0 unspecified atom stereocenters. The van der Waals surface area contributed by atoms with Gasteiger partial charge in [0, 0.05) is 16.3 Å². The molecule has 1 amide bonds. The summed E-state index contributed by atoms with van der Waals surface area (Å²) in [6.07, 6.45) is 1.28. The summed E-state index contributed by atoms with van der Waals surface area (Å²) in [6.45, 7) is 3.86. The maximum atomic E-state index is 12.5. The Morgan fingerprint density at radius 2 is 2.00 bits per heavy atom. The van der Waals surface area contributed by atoms with E-state index in [-0.39, 0.29) is 11.6 Å². The molecule has 0 aliphatic carbocycles. The normalized spacial score (nSPS) is 10.6. The van der Waals surface area contributed by atoms with Gasteiger partial charge in [-0.3, -0.25) is 4.79 Å². The first-order valence-corrected chi connectivity index (χ1v) is 7.50. The Balaban J connectivity index is 1.91. The van der Waals surface area contributed by atoms with Gasteiger partial charge in [-0.2, -0.15) is 0 Å². The molecule has 5 heteroatoms. The van der Waals surface area contributed by atoms with Gasteiger partial charge in [-0.1, -0.05) is 35.4 Å². The Labute approximate surface area is 139 Å². The van der Waals surface area contributed by atoms with E-state index in [1.807, 2.05) is 38.1 Å². The van der Waals surface area contributed by atoms with Crippen molar-refractivity contribution >= 4 is 23.2 Å².